The van der Waals surface area contributed by atoms with Gasteiger partial charge in [-0.3, -0.25) is 4.72 Å². The predicted octanol–water partition coefficient (Wildman–Crippen LogP) is 2.88. The molecule has 21 heavy (non-hydrogen) atoms. The van der Waals surface area contributed by atoms with E-state index in [0.717, 1.165) is 12.1 Å². The summed E-state index contributed by atoms with van der Waals surface area (Å²) in [4.78, 5) is -0.794. The van der Waals surface area contributed by atoms with Gasteiger partial charge in [0, 0.05) is 17.3 Å². The molecule has 0 aromatic heterocycles. The van der Waals surface area contributed by atoms with Crippen LogP contribution in [0.4, 0.5) is 14.5 Å². The SMILES string of the molecule is NCc1cc(F)c(F)c(S(=O)(=O)Nc2ccc(Cl)cc2)c1. The van der Waals surface area contributed by atoms with E-state index in [-0.39, 0.29) is 17.8 Å². The lowest BCUT2D eigenvalue weighted by Gasteiger charge is -2.10. The molecule has 2 rings (SSSR count). The molecule has 0 saturated carbocycles. The quantitative estimate of drug-likeness (QED) is 0.904. The van der Waals surface area contributed by atoms with E-state index in [0.29, 0.717) is 5.02 Å². The van der Waals surface area contributed by atoms with Crippen LogP contribution in [0.1, 0.15) is 5.56 Å². The maximum atomic E-state index is 13.7. The summed E-state index contributed by atoms with van der Waals surface area (Å²) < 4.78 is 53.6. The number of benzene rings is 2. The molecule has 0 bridgehead atoms. The van der Waals surface area contributed by atoms with E-state index in [1.807, 2.05) is 0 Å². The number of hydrogen-bond donors (Lipinski definition) is 2. The van der Waals surface area contributed by atoms with Gasteiger partial charge in [0.25, 0.3) is 10.0 Å². The van der Waals surface area contributed by atoms with Crippen molar-refractivity contribution in [1.82, 2.24) is 0 Å². The van der Waals surface area contributed by atoms with Crippen molar-refractivity contribution in [3.8, 4) is 0 Å². The molecule has 0 unspecified atom stereocenters. The molecular weight excluding hydrogens is 322 g/mol. The molecule has 0 fully saturated rings. The second-order valence-electron chi connectivity index (χ2n) is 4.21. The van der Waals surface area contributed by atoms with Crippen molar-refractivity contribution in [3.63, 3.8) is 0 Å². The van der Waals surface area contributed by atoms with Gasteiger partial charge in [-0.15, -0.1) is 0 Å². The van der Waals surface area contributed by atoms with Gasteiger partial charge in [0.15, 0.2) is 11.6 Å². The van der Waals surface area contributed by atoms with Gasteiger partial charge in [-0.1, -0.05) is 11.6 Å². The zero-order valence-electron chi connectivity index (χ0n) is 10.6. The Morgan fingerprint density at radius 1 is 1.14 bits per heavy atom. The minimum absolute atomic E-state index is 0.110. The van der Waals surface area contributed by atoms with Crippen molar-refractivity contribution in [2.24, 2.45) is 5.73 Å². The third kappa shape index (κ3) is 3.49. The van der Waals surface area contributed by atoms with Crippen LogP contribution in [0.15, 0.2) is 41.3 Å². The number of hydrogen-bond acceptors (Lipinski definition) is 3. The number of sulfonamides is 1. The Morgan fingerprint density at radius 2 is 1.76 bits per heavy atom. The molecule has 8 heteroatoms. The average Bonchev–Trinajstić information content (AvgIpc) is 2.43. The highest BCUT2D eigenvalue weighted by molar-refractivity contribution is 7.92. The van der Waals surface area contributed by atoms with Crippen molar-refractivity contribution in [2.45, 2.75) is 11.4 Å². The van der Waals surface area contributed by atoms with E-state index < -0.39 is 26.6 Å². The molecule has 0 amide bonds. The molecule has 0 aliphatic carbocycles. The minimum atomic E-state index is -4.28. The molecule has 2 aromatic carbocycles. The van der Waals surface area contributed by atoms with Crippen LogP contribution in [-0.4, -0.2) is 8.42 Å². The lowest BCUT2D eigenvalue weighted by molar-refractivity contribution is 0.483. The second kappa shape index (κ2) is 5.97. The summed E-state index contributed by atoms with van der Waals surface area (Å²) in [7, 11) is -4.28. The number of nitrogens with two attached hydrogens (primary N) is 1. The highest BCUT2D eigenvalue weighted by Gasteiger charge is 2.23. The smallest absolute Gasteiger partial charge is 0.264 e. The van der Waals surface area contributed by atoms with Crippen LogP contribution in [0.2, 0.25) is 5.02 Å². The van der Waals surface area contributed by atoms with Gasteiger partial charge in [-0.05, 0) is 42.0 Å². The van der Waals surface area contributed by atoms with E-state index in [2.05, 4.69) is 4.72 Å². The topological polar surface area (TPSA) is 72.2 Å². The summed E-state index contributed by atoms with van der Waals surface area (Å²) in [6.07, 6.45) is 0. The third-order valence-electron chi connectivity index (χ3n) is 2.68. The lowest BCUT2D eigenvalue weighted by Crippen LogP contribution is -2.16. The van der Waals surface area contributed by atoms with Gasteiger partial charge in [-0.25, -0.2) is 17.2 Å². The van der Waals surface area contributed by atoms with Crippen LogP contribution in [0, 0.1) is 11.6 Å². The number of anilines is 1. The summed E-state index contributed by atoms with van der Waals surface area (Å²) in [5.41, 5.74) is 5.68. The van der Waals surface area contributed by atoms with Crippen LogP contribution < -0.4 is 10.5 Å². The summed E-state index contributed by atoms with van der Waals surface area (Å²) in [5, 5.41) is 0.417. The zero-order chi connectivity index (χ0) is 15.6. The van der Waals surface area contributed by atoms with E-state index in [4.69, 9.17) is 17.3 Å². The fourth-order valence-electron chi connectivity index (χ4n) is 1.66. The van der Waals surface area contributed by atoms with Crippen molar-refractivity contribution < 1.29 is 17.2 Å². The maximum absolute atomic E-state index is 13.7. The second-order valence-corrected chi connectivity index (χ2v) is 6.29. The number of nitrogens with one attached hydrogen (secondary N) is 1. The van der Waals surface area contributed by atoms with E-state index in [1.165, 1.54) is 24.3 Å². The average molecular weight is 333 g/mol. The Morgan fingerprint density at radius 3 is 2.33 bits per heavy atom. The molecule has 3 N–H and O–H groups in total. The fourth-order valence-corrected chi connectivity index (χ4v) is 2.98. The van der Waals surface area contributed by atoms with Gasteiger partial charge in [-0.2, -0.15) is 0 Å². The minimum Gasteiger partial charge on any atom is -0.326 e. The van der Waals surface area contributed by atoms with Gasteiger partial charge < -0.3 is 5.73 Å². The Kier molecular flexibility index (Phi) is 4.46. The normalized spacial score (nSPS) is 11.4. The fraction of sp³-hybridized carbons (Fsp3) is 0.0769. The number of rotatable bonds is 4. The summed E-state index contributed by atoms with van der Waals surface area (Å²) in [5.74, 6) is -2.72. The summed E-state index contributed by atoms with van der Waals surface area (Å²) >= 11 is 5.68. The van der Waals surface area contributed by atoms with Gasteiger partial charge in [0.05, 0.1) is 0 Å². The first-order valence-corrected chi connectivity index (χ1v) is 7.66. The van der Waals surface area contributed by atoms with Crippen molar-refractivity contribution >= 4 is 27.3 Å². The van der Waals surface area contributed by atoms with Crippen molar-refractivity contribution in [1.29, 1.82) is 0 Å². The molecule has 0 radical (unpaired) electrons. The van der Waals surface area contributed by atoms with Crippen LogP contribution in [0.3, 0.4) is 0 Å². The maximum Gasteiger partial charge on any atom is 0.264 e. The van der Waals surface area contributed by atoms with Crippen LogP contribution in [-0.2, 0) is 16.6 Å². The van der Waals surface area contributed by atoms with Crippen LogP contribution in [0.5, 0.6) is 0 Å². The molecule has 0 aliphatic heterocycles. The molecule has 4 nitrogen and oxygen atoms in total. The largest absolute Gasteiger partial charge is 0.326 e. The predicted molar refractivity (Wildman–Crippen MR) is 76.5 cm³/mol. The Balaban J connectivity index is 2.44. The molecule has 0 atom stereocenters. The molecule has 0 aliphatic rings. The van der Waals surface area contributed by atoms with E-state index in [9.17, 15) is 17.2 Å². The Labute approximate surface area is 125 Å². The van der Waals surface area contributed by atoms with Gasteiger partial charge >= 0.3 is 0 Å². The molecular formula is C13H11ClF2N2O2S. The van der Waals surface area contributed by atoms with Crippen molar-refractivity contribution in [3.05, 3.63) is 58.6 Å². The monoisotopic (exact) mass is 332 g/mol. The third-order valence-corrected chi connectivity index (χ3v) is 4.31. The van der Waals surface area contributed by atoms with Gasteiger partial charge in [0.1, 0.15) is 4.90 Å². The van der Waals surface area contributed by atoms with Crippen molar-refractivity contribution in [2.75, 3.05) is 4.72 Å². The zero-order valence-corrected chi connectivity index (χ0v) is 12.2. The highest BCUT2D eigenvalue weighted by Crippen LogP contribution is 2.23. The first kappa shape index (κ1) is 15.7. The molecule has 2 aromatic rings. The van der Waals surface area contributed by atoms with Gasteiger partial charge in [0.2, 0.25) is 0 Å². The lowest BCUT2D eigenvalue weighted by atomic mass is 10.2. The molecule has 0 saturated heterocycles. The van der Waals surface area contributed by atoms with Crippen LogP contribution >= 0.6 is 11.6 Å². The van der Waals surface area contributed by atoms with Crippen LogP contribution in [0.25, 0.3) is 0 Å². The molecule has 112 valence electrons. The molecule has 0 spiro atoms. The first-order chi connectivity index (χ1) is 9.83. The first-order valence-electron chi connectivity index (χ1n) is 5.80. The van der Waals surface area contributed by atoms with E-state index >= 15 is 0 Å². The number of halogens is 3. The Hall–Kier alpha value is -1.70. The molecule has 0 heterocycles. The summed E-state index contributed by atoms with van der Waals surface area (Å²) in [6.45, 7) is -0.110. The Bertz CT molecular complexity index is 764. The summed E-state index contributed by atoms with van der Waals surface area (Å²) in [6, 6.07) is 7.59. The standard InChI is InChI=1S/C13H11ClF2N2O2S/c14-9-1-3-10(4-2-9)18-21(19,20)12-6-8(7-17)5-11(15)13(12)16/h1-6,18H,7,17H2. The highest BCUT2D eigenvalue weighted by atomic mass is 35.5. The van der Waals surface area contributed by atoms with E-state index in [1.54, 1.807) is 0 Å².